The van der Waals surface area contributed by atoms with E-state index in [4.69, 9.17) is 0 Å². The Morgan fingerprint density at radius 1 is 0.387 bits per heavy atom. The molecule has 2 heteroatoms. The molecule has 2 aliphatic carbocycles. The van der Waals surface area contributed by atoms with E-state index in [1.807, 2.05) is 11.3 Å². The van der Waals surface area contributed by atoms with E-state index in [0.29, 0.717) is 0 Å². The van der Waals surface area contributed by atoms with Crippen molar-refractivity contribution in [3.05, 3.63) is 269 Å². The van der Waals surface area contributed by atoms with Crippen LogP contribution >= 0.6 is 11.3 Å². The fourth-order valence-corrected chi connectivity index (χ4v) is 12.3. The molecule has 2 aliphatic rings. The maximum atomic E-state index is 2.50. The maximum absolute atomic E-state index is 2.50. The summed E-state index contributed by atoms with van der Waals surface area (Å²) in [4.78, 5) is 2.50. The highest BCUT2D eigenvalue weighted by molar-refractivity contribution is 7.25. The second-order valence-electron chi connectivity index (χ2n) is 16.7. The summed E-state index contributed by atoms with van der Waals surface area (Å²) in [7, 11) is 0. The monoisotopic (exact) mass is 805 g/mol. The van der Waals surface area contributed by atoms with Crippen molar-refractivity contribution >= 4 is 59.3 Å². The molecule has 1 aromatic heterocycles. The van der Waals surface area contributed by atoms with Crippen LogP contribution in [0.15, 0.2) is 231 Å². The van der Waals surface area contributed by atoms with Crippen LogP contribution in [0.3, 0.4) is 0 Å². The third-order valence-corrected chi connectivity index (χ3v) is 14.7. The number of anilines is 3. The molecule has 10 aromatic carbocycles. The highest BCUT2D eigenvalue weighted by Gasteiger charge is 2.54. The third-order valence-electron chi connectivity index (χ3n) is 13.6. The molecule has 290 valence electrons. The van der Waals surface area contributed by atoms with Gasteiger partial charge in [-0.1, -0.05) is 182 Å². The average Bonchev–Trinajstić information content (AvgIpc) is 3.97. The first-order valence-electron chi connectivity index (χ1n) is 21.5. The summed E-state index contributed by atoms with van der Waals surface area (Å²) in [6.45, 7) is 0. The Bertz CT molecular complexity index is 3490. The smallest absolute Gasteiger partial charge is 0.0746 e. The molecule has 0 aliphatic heterocycles. The van der Waals surface area contributed by atoms with Crippen molar-refractivity contribution in [3.8, 4) is 22.3 Å². The number of para-hydroxylation sites is 2. The molecule has 62 heavy (non-hydrogen) atoms. The Balaban J connectivity index is 1.16. The van der Waals surface area contributed by atoms with E-state index >= 15 is 0 Å². The van der Waals surface area contributed by atoms with Crippen LogP contribution in [0.5, 0.6) is 0 Å². The topological polar surface area (TPSA) is 3.24 Å². The first-order valence-corrected chi connectivity index (χ1v) is 22.4. The minimum atomic E-state index is -0.607. The van der Waals surface area contributed by atoms with Gasteiger partial charge in [0.1, 0.15) is 0 Å². The molecule has 13 rings (SSSR count). The zero-order valence-electron chi connectivity index (χ0n) is 33.9. The van der Waals surface area contributed by atoms with Gasteiger partial charge in [0.2, 0.25) is 0 Å². The summed E-state index contributed by atoms with van der Waals surface area (Å²) >= 11 is 1.88. The molecule has 0 saturated carbocycles. The number of fused-ring (bicyclic) bond motifs is 15. The maximum Gasteiger partial charge on any atom is 0.0746 e. The number of hydrogen-bond donors (Lipinski definition) is 0. The Labute approximate surface area is 365 Å². The molecule has 0 amide bonds. The molecule has 11 aromatic rings. The fraction of sp³-hybridized carbons (Fsp3) is 0.0333. The van der Waals surface area contributed by atoms with Crippen molar-refractivity contribution in [2.75, 3.05) is 4.90 Å². The lowest BCUT2D eigenvalue weighted by atomic mass is 9.69. The van der Waals surface area contributed by atoms with Gasteiger partial charge < -0.3 is 4.90 Å². The first kappa shape index (κ1) is 35.3. The van der Waals surface area contributed by atoms with Crippen LogP contribution in [0.4, 0.5) is 17.1 Å². The lowest BCUT2D eigenvalue weighted by Gasteiger charge is -2.36. The normalized spacial score (nSPS) is 15.1. The highest BCUT2D eigenvalue weighted by Crippen LogP contribution is 2.67. The van der Waals surface area contributed by atoms with Crippen molar-refractivity contribution in [2.24, 2.45) is 0 Å². The van der Waals surface area contributed by atoms with Crippen LogP contribution in [0.1, 0.15) is 44.9 Å². The lowest BCUT2D eigenvalue weighted by Crippen LogP contribution is -2.28. The van der Waals surface area contributed by atoms with Crippen LogP contribution in [0.25, 0.3) is 53.2 Å². The highest BCUT2D eigenvalue weighted by atomic mass is 32.1. The van der Waals surface area contributed by atoms with Crippen LogP contribution in [0, 0.1) is 0 Å². The van der Waals surface area contributed by atoms with Crippen LogP contribution in [-0.4, -0.2) is 0 Å². The molecule has 0 radical (unpaired) electrons. The number of nitrogens with zero attached hydrogens (tertiary/aromatic N) is 1. The van der Waals surface area contributed by atoms with Gasteiger partial charge in [0.15, 0.2) is 0 Å². The van der Waals surface area contributed by atoms with Crippen molar-refractivity contribution in [1.82, 2.24) is 0 Å². The molecule has 2 atom stereocenters. The minimum Gasteiger partial charge on any atom is -0.310 e. The largest absolute Gasteiger partial charge is 0.310 e. The molecule has 0 fully saturated rings. The van der Waals surface area contributed by atoms with Gasteiger partial charge in [-0.2, -0.15) is 0 Å². The number of thiophene rings is 1. The summed E-state index contributed by atoms with van der Waals surface area (Å²) in [5.74, 6) is -0.00487. The Kier molecular flexibility index (Phi) is 7.82. The molecule has 0 saturated heterocycles. The fourth-order valence-electron chi connectivity index (χ4n) is 11.2. The van der Waals surface area contributed by atoms with E-state index in [9.17, 15) is 0 Å². The number of rotatable bonds is 6. The van der Waals surface area contributed by atoms with Gasteiger partial charge in [-0.3, -0.25) is 0 Å². The quantitative estimate of drug-likeness (QED) is 0.151. The van der Waals surface area contributed by atoms with Crippen molar-refractivity contribution in [3.63, 3.8) is 0 Å². The first-order chi connectivity index (χ1) is 30.8. The van der Waals surface area contributed by atoms with Crippen molar-refractivity contribution < 1.29 is 0 Å². The molecule has 2 unspecified atom stereocenters. The predicted octanol–water partition coefficient (Wildman–Crippen LogP) is 16.2. The van der Waals surface area contributed by atoms with Crippen LogP contribution in [0.2, 0.25) is 0 Å². The Morgan fingerprint density at radius 3 is 1.68 bits per heavy atom. The van der Waals surface area contributed by atoms with Gasteiger partial charge >= 0.3 is 0 Å². The molecule has 1 heterocycles. The summed E-state index contributed by atoms with van der Waals surface area (Å²) in [6.07, 6.45) is 0. The number of hydrogen-bond acceptors (Lipinski definition) is 2. The van der Waals surface area contributed by atoms with Crippen LogP contribution in [-0.2, 0) is 5.41 Å². The standard InChI is InChI=1S/C60H39NS/c1-4-19-39(20-5-1)56(41-35-36-55-49(37-41)45-27-14-17-34-54(45)62-55)48-30-18-33-52-57(48)46-28-12-15-31-50(46)60(52)51-32-16-13-29-47(51)58-44-26-11-10-21-40(44)38-53(59(58)60)61(42-22-6-2-7-23-42)43-24-8-3-9-25-43/h1-38,56H. The zero-order valence-corrected chi connectivity index (χ0v) is 34.7. The third kappa shape index (κ3) is 4.96. The van der Waals surface area contributed by atoms with E-state index in [-0.39, 0.29) is 5.92 Å². The van der Waals surface area contributed by atoms with E-state index in [2.05, 4.69) is 235 Å². The molecular formula is C60H39NS. The molecule has 0 N–H and O–H groups in total. The van der Waals surface area contributed by atoms with Crippen molar-refractivity contribution in [1.29, 1.82) is 0 Å². The second-order valence-corrected chi connectivity index (χ2v) is 17.8. The Hall–Kier alpha value is -7.52. The van der Waals surface area contributed by atoms with Gasteiger partial charge in [-0.25, -0.2) is 0 Å². The van der Waals surface area contributed by atoms with E-state index in [1.165, 1.54) is 97.8 Å². The summed E-state index contributed by atoms with van der Waals surface area (Å²) in [6, 6.07) is 86.2. The SMILES string of the molecule is c1ccc(C(c2ccc3sc4ccccc4c3c2)c2cccc3c2-c2ccccc2C32c3ccccc3-c3c2c(N(c2ccccc2)c2ccccc2)cc2ccccc32)cc1. The average molecular weight is 806 g/mol. The summed E-state index contributed by atoms with van der Waals surface area (Å²) in [5, 5.41) is 5.15. The van der Waals surface area contributed by atoms with Gasteiger partial charge in [0.05, 0.1) is 11.1 Å². The number of benzene rings is 10. The van der Waals surface area contributed by atoms with E-state index in [1.54, 1.807) is 0 Å². The lowest BCUT2D eigenvalue weighted by molar-refractivity contribution is 0.792. The molecule has 0 bridgehead atoms. The second kappa shape index (κ2) is 13.8. The van der Waals surface area contributed by atoms with E-state index in [0.717, 1.165) is 11.4 Å². The predicted molar refractivity (Wildman–Crippen MR) is 262 cm³/mol. The van der Waals surface area contributed by atoms with Gasteiger partial charge in [-0.05, 0) is 115 Å². The van der Waals surface area contributed by atoms with Gasteiger partial charge in [-0.15, -0.1) is 11.3 Å². The molecule has 1 nitrogen and oxygen atoms in total. The van der Waals surface area contributed by atoms with Crippen molar-refractivity contribution in [2.45, 2.75) is 11.3 Å². The zero-order chi connectivity index (χ0) is 40.8. The molecular weight excluding hydrogens is 767 g/mol. The minimum absolute atomic E-state index is 0.00487. The van der Waals surface area contributed by atoms with Crippen LogP contribution < -0.4 is 4.90 Å². The summed E-state index contributed by atoms with van der Waals surface area (Å²) in [5.41, 5.74) is 17.3. The summed E-state index contributed by atoms with van der Waals surface area (Å²) < 4.78 is 2.65. The van der Waals surface area contributed by atoms with E-state index < -0.39 is 5.41 Å². The Morgan fingerprint density at radius 2 is 0.952 bits per heavy atom. The van der Waals surface area contributed by atoms with Gasteiger partial charge in [0, 0.05) is 43.0 Å². The molecule has 1 spiro atoms. The van der Waals surface area contributed by atoms with Gasteiger partial charge in [0.25, 0.3) is 0 Å².